The normalized spacial score (nSPS) is 21.1. The van der Waals surface area contributed by atoms with Crippen LogP contribution in [0.15, 0.2) is 10.4 Å². The van der Waals surface area contributed by atoms with E-state index in [9.17, 15) is 13.2 Å². The van der Waals surface area contributed by atoms with Crippen LogP contribution >= 0.6 is 11.3 Å². The maximum atomic E-state index is 12.3. The fraction of sp³-hybridized carbons (Fsp3) is 0.556. The van der Waals surface area contributed by atoms with Crippen molar-refractivity contribution in [3.63, 3.8) is 0 Å². The highest BCUT2D eigenvalue weighted by Crippen LogP contribution is 2.30. The van der Waals surface area contributed by atoms with E-state index in [1.165, 1.54) is 13.3 Å². The van der Waals surface area contributed by atoms with Gasteiger partial charge in [0.25, 0.3) is 10.0 Å². The first kappa shape index (κ1) is 13.2. The van der Waals surface area contributed by atoms with Gasteiger partial charge in [-0.2, -0.15) is 4.31 Å². The molecule has 2 rings (SSSR count). The Morgan fingerprint density at radius 1 is 1.67 bits per heavy atom. The first-order chi connectivity index (χ1) is 8.46. The summed E-state index contributed by atoms with van der Waals surface area (Å²) < 4.78 is 30.5. The first-order valence-corrected chi connectivity index (χ1v) is 7.53. The Labute approximate surface area is 109 Å². The smallest absolute Gasteiger partial charge is 0.324 e. The van der Waals surface area contributed by atoms with Gasteiger partial charge in [0.1, 0.15) is 6.04 Å². The van der Waals surface area contributed by atoms with E-state index in [0.717, 1.165) is 15.6 Å². The first-order valence-electron chi connectivity index (χ1n) is 5.28. The van der Waals surface area contributed by atoms with Crippen LogP contribution in [0.5, 0.6) is 0 Å². The molecule has 2 heterocycles. The van der Waals surface area contributed by atoms with Gasteiger partial charge in [-0.25, -0.2) is 13.4 Å². The van der Waals surface area contributed by atoms with E-state index in [2.05, 4.69) is 9.72 Å². The summed E-state index contributed by atoms with van der Waals surface area (Å²) in [6.45, 7) is 0.305. The summed E-state index contributed by atoms with van der Waals surface area (Å²) in [6.07, 6.45) is 2.31. The summed E-state index contributed by atoms with van der Waals surface area (Å²) in [7, 11) is -2.47. The summed E-state index contributed by atoms with van der Waals surface area (Å²) in [4.78, 5) is 15.3. The zero-order chi connectivity index (χ0) is 13.3. The van der Waals surface area contributed by atoms with Gasteiger partial charge in [-0.05, 0) is 12.8 Å². The molecule has 0 amide bonds. The molecule has 1 aromatic rings. The third-order valence-corrected chi connectivity index (χ3v) is 5.91. The Balaban J connectivity index is 2.32. The van der Waals surface area contributed by atoms with Crippen molar-refractivity contribution in [3.8, 4) is 0 Å². The lowest BCUT2D eigenvalue weighted by molar-refractivity contribution is -0.144. The van der Waals surface area contributed by atoms with Gasteiger partial charge in [0.05, 0.1) is 13.3 Å². The van der Waals surface area contributed by atoms with Crippen LogP contribution in [-0.4, -0.2) is 43.4 Å². The molecule has 18 heavy (non-hydrogen) atoms. The molecule has 0 bridgehead atoms. The topological polar surface area (TPSA) is 103 Å². The van der Waals surface area contributed by atoms with Crippen LogP contribution in [0.2, 0.25) is 0 Å². The lowest BCUT2D eigenvalue weighted by atomic mass is 10.2. The van der Waals surface area contributed by atoms with Crippen LogP contribution in [-0.2, 0) is 19.6 Å². The monoisotopic (exact) mass is 291 g/mol. The lowest BCUT2D eigenvalue weighted by Crippen LogP contribution is -2.40. The second-order valence-electron chi connectivity index (χ2n) is 3.81. The molecule has 9 heteroatoms. The number of aromatic nitrogens is 1. The number of rotatable bonds is 3. The van der Waals surface area contributed by atoms with Crippen molar-refractivity contribution in [3.05, 3.63) is 6.20 Å². The van der Waals surface area contributed by atoms with Crippen LogP contribution in [0.3, 0.4) is 0 Å². The minimum atomic E-state index is -3.71. The molecular weight excluding hydrogens is 278 g/mol. The number of esters is 1. The van der Waals surface area contributed by atoms with Gasteiger partial charge in [0.2, 0.25) is 0 Å². The number of sulfonamides is 1. The average molecular weight is 291 g/mol. The molecule has 1 atom stereocenters. The number of anilines is 1. The molecule has 1 aromatic heterocycles. The third kappa shape index (κ3) is 2.20. The summed E-state index contributed by atoms with van der Waals surface area (Å²) >= 11 is 0.888. The van der Waals surface area contributed by atoms with Crippen molar-refractivity contribution < 1.29 is 17.9 Å². The zero-order valence-corrected chi connectivity index (χ0v) is 11.3. The van der Waals surface area contributed by atoms with Crippen molar-refractivity contribution in [2.24, 2.45) is 0 Å². The molecule has 1 fully saturated rings. The zero-order valence-electron chi connectivity index (χ0n) is 9.70. The minimum absolute atomic E-state index is 0.0517. The van der Waals surface area contributed by atoms with Crippen molar-refractivity contribution in [1.29, 1.82) is 0 Å². The van der Waals surface area contributed by atoms with Gasteiger partial charge in [-0.1, -0.05) is 11.3 Å². The van der Waals surface area contributed by atoms with Crippen LogP contribution in [0.25, 0.3) is 0 Å². The molecule has 100 valence electrons. The van der Waals surface area contributed by atoms with Crippen LogP contribution < -0.4 is 5.73 Å². The molecule has 1 aliphatic heterocycles. The second-order valence-corrected chi connectivity index (χ2v) is 6.99. The number of methoxy groups -OCH3 is 1. The van der Waals surface area contributed by atoms with Gasteiger partial charge in [-0.15, -0.1) is 0 Å². The van der Waals surface area contributed by atoms with E-state index in [1.807, 2.05) is 0 Å². The predicted molar refractivity (Wildman–Crippen MR) is 65.5 cm³/mol. The van der Waals surface area contributed by atoms with Crippen molar-refractivity contribution in [2.45, 2.75) is 23.1 Å². The largest absolute Gasteiger partial charge is 0.468 e. The lowest BCUT2D eigenvalue weighted by Gasteiger charge is -2.20. The maximum Gasteiger partial charge on any atom is 0.324 e. The molecule has 1 aliphatic rings. The number of nitrogen functional groups attached to an aromatic ring is 1. The van der Waals surface area contributed by atoms with E-state index in [0.29, 0.717) is 19.4 Å². The SMILES string of the molecule is COC(=O)C1CCCN1S(=O)(=O)c1cnc(N)s1. The van der Waals surface area contributed by atoms with Crippen LogP contribution in [0, 0.1) is 0 Å². The standard InChI is InChI=1S/C9H13N3O4S2/c1-16-8(13)6-3-2-4-12(6)18(14,15)7-5-11-9(10)17-7/h5-6H,2-4H2,1H3,(H2,10,11). The molecule has 0 radical (unpaired) electrons. The Kier molecular flexibility index (Phi) is 3.55. The Hall–Kier alpha value is -1.19. The molecule has 0 aliphatic carbocycles. The quantitative estimate of drug-likeness (QED) is 0.789. The van der Waals surface area contributed by atoms with Crippen LogP contribution in [0.1, 0.15) is 12.8 Å². The van der Waals surface area contributed by atoms with Crippen LogP contribution in [0.4, 0.5) is 5.13 Å². The Morgan fingerprint density at radius 2 is 2.39 bits per heavy atom. The average Bonchev–Trinajstić information content (AvgIpc) is 2.96. The highest BCUT2D eigenvalue weighted by atomic mass is 32.2. The number of carbonyl (C=O) groups is 1. The third-order valence-electron chi connectivity index (χ3n) is 2.74. The molecule has 1 saturated heterocycles. The van der Waals surface area contributed by atoms with Crippen molar-refractivity contribution in [2.75, 3.05) is 19.4 Å². The number of hydrogen-bond acceptors (Lipinski definition) is 7. The number of thiazole rings is 1. The van der Waals surface area contributed by atoms with E-state index < -0.39 is 22.0 Å². The van der Waals surface area contributed by atoms with E-state index in [-0.39, 0.29) is 9.34 Å². The van der Waals surface area contributed by atoms with Gasteiger partial charge in [0, 0.05) is 6.54 Å². The van der Waals surface area contributed by atoms with Crippen molar-refractivity contribution in [1.82, 2.24) is 9.29 Å². The van der Waals surface area contributed by atoms with E-state index >= 15 is 0 Å². The summed E-state index contributed by atoms with van der Waals surface area (Å²) in [5.41, 5.74) is 5.43. The van der Waals surface area contributed by atoms with E-state index in [1.54, 1.807) is 0 Å². The van der Waals surface area contributed by atoms with Gasteiger partial charge in [-0.3, -0.25) is 4.79 Å². The maximum absolute atomic E-state index is 12.3. The molecule has 2 N–H and O–H groups in total. The molecule has 0 aromatic carbocycles. The Morgan fingerprint density at radius 3 is 2.94 bits per heavy atom. The number of ether oxygens (including phenoxy) is 1. The van der Waals surface area contributed by atoms with Gasteiger partial charge < -0.3 is 10.5 Å². The fourth-order valence-electron chi connectivity index (χ4n) is 1.91. The predicted octanol–water partition coefficient (Wildman–Crippen LogP) is 0.0514. The summed E-state index contributed by atoms with van der Waals surface area (Å²) in [5, 5.41) is 0.183. The number of nitrogens with zero attached hydrogens (tertiary/aromatic N) is 2. The summed E-state index contributed by atoms with van der Waals surface area (Å²) in [6, 6.07) is -0.747. The highest BCUT2D eigenvalue weighted by molar-refractivity contribution is 7.91. The highest BCUT2D eigenvalue weighted by Gasteiger charge is 2.40. The van der Waals surface area contributed by atoms with Crippen molar-refractivity contribution >= 4 is 32.5 Å². The second kappa shape index (κ2) is 4.82. The molecular formula is C9H13N3O4S2. The molecule has 0 saturated carbocycles. The summed E-state index contributed by atoms with van der Waals surface area (Å²) in [5.74, 6) is -0.534. The number of hydrogen-bond donors (Lipinski definition) is 1. The minimum Gasteiger partial charge on any atom is -0.468 e. The fourth-order valence-corrected chi connectivity index (χ4v) is 4.60. The van der Waals surface area contributed by atoms with Gasteiger partial charge >= 0.3 is 5.97 Å². The molecule has 7 nitrogen and oxygen atoms in total. The van der Waals surface area contributed by atoms with Gasteiger partial charge in [0.15, 0.2) is 9.34 Å². The number of nitrogens with two attached hydrogens (primary N) is 1. The van der Waals surface area contributed by atoms with E-state index in [4.69, 9.17) is 5.73 Å². The Bertz CT molecular complexity index is 554. The number of carbonyl (C=O) groups excluding carboxylic acids is 1. The molecule has 1 unspecified atom stereocenters. The molecule has 0 spiro atoms.